The molecule has 0 heterocycles. The molecule has 0 spiro atoms. The predicted molar refractivity (Wildman–Crippen MR) is 81.8 cm³/mol. The Kier molecular flexibility index (Phi) is 7.92. The van der Waals surface area contributed by atoms with E-state index < -0.39 is 0 Å². The minimum atomic E-state index is 0.0117. The van der Waals surface area contributed by atoms with Gasteiger partial charge in [-0.25, -0.2) is 0 Å². The van der Waals surface area contributed by atoms with Crippen LogP contribution in [0.1, 0.15) is 25.3 Å². The molecule has 1 aromatic rings. The maximum absolute atomic E-state index is 11.6. The van der Waals surface area contributed by atoms with Gasteiger partial charge in [0, 0.05) is 20.2 Å². The van der Waals surface area contributed by atoms with Crippen LogP contribution in [0.2, 0.25) is 0 Å². The van der Waals surface area contributed by atoms with Crippen molar-refractivity contribution in [1.29, 1.82) is 0 Å². The Bertz CT molecular complexity index is 379. The van der Waals surface area contributed by atoms with Crippen LogP contribution < -0.4 is 10.6 Å². The maximum atomic E-state index is 11.6. The van der Waals surface area contributed by atoms with E-state index in [1.807, 2.05) is 6.07 Å². The molecule has 1 aromatic carbocycles. The van der Waals surface area contributed by atoms with Crippen LogP contribution in [0, 0.1) is 5.92 Å². The fraction of sp³-hybridized carbons (Fsp3) is 0.562. The number of rotatable bonds is 9. The molecule has 0 aromatic heterocycles. The summed E-state index contributed by atoms with van der Waals surface area (Å²) in [4.78, 5) is 11.6. The van der Waals surface area contributed by atoms with E-state index in [4.69, 9.17) is 4.74 Å². The first-order chi connectivity index (χ1) is 9.65. The quantitative estimate of drug-likeness (QED) is 0.677. The lowest BCUT2D eigenvalue weighted by Gasteiger charge is -2.21. The van der Waals surface area contributed by atoms with Crippen LogP contribution >= 0.6 is 0 Å². The fourth-order valence-electron chi connectivity index (χ4n) is 2.13. The number of hydrogen-bond acceptors (Lipinski definition) is 3. The third-order valence-electron chi connectivity index (χ3n) is 3.31. The summed E-state index contributed by atoms with van der Waals surface area (Å²) in [5, 5.41) is 6.04. The van der Waals surface area contributed by atoms with Crippen LogP contribution in [-0.2, 0) is 9.53 Å². The van der Waals surface area contributed by atoms with E-state index >= 15 is 0 Å². The molecule has 1 atom stereocenters. The number of carbonyl (C=O) groups excluding carboxylic acids is 1. The third kappa shape index (κ3) is 6.17. The van der Waals surface area contributed by atoms with E-state index in [2.05, 4.69) is 48.7 Å². The Hall–Kier alpha value is -1.39. The highest BCUT2D eigenvalue weighted by atomic mass is 16.5. The summed E-state index contributed by atoms with van der Waals surface area (Å²) in [6, 6.07) is 10.4. The van der Waals surface area contributed by atoms with Crippen molar-refractivity contribution in [1.82, 2.24) is 10.6 Å². The molecule has 0 fully saturated rings. The lowest BCUT2D eigenvalue weighted by molar-refractivity contribution is -0.120. The topological polar surface area (TPSA) is 50.4 Å². The second-order valence-corrected chi connectivity index (χ2v) is 5.23. The van der Waals surface area contributed by atoms with E-state index in [-0.39, 0.29) is 5.91 Å². The first kappa shape index (κ1) is 16.7. The zero-order valence-corrected chi connectivity index (χ0v) is 12.7. The predicted octanol–water partition coefficient (Wildman–Crippen LogP) is 1.78. The van der Waals surface area contributed by atoms with Crippen molar-refractivity contribution in [3.63, 3.8) is 0 Å². The number of ether oxygens (including phenoxy) is 1. The second kappa shape index (κ2) is 9.50. The van der Waals surface area contributed by atoms with Gasteiger partial charge in [0.1, 0.15) is 0 Å². The molecule has 4 nitrogen and oxygen atoms in total. The molecule has 20 heavy (non-hydrogen) atoms. The average Bonchev–Trinajstić information content (AvgIpc) is 2.44. The van der Waals surface area contributed by atoms with Crippen LogP contribution in [0.4, 0.5) is 0 Å². The normalized spacial score (nSPS) is 12.4. The molecule has 0 bridgehead atoms. The first-order valence-corrected chi connectivity index (χ1v) is 7.16. The van der Waals surface area contributed by atoms with Gasteiger partial charge in [0.05, 0.1) is 13.2 Å². The number of methoxy groups -OCH3 is 1. The third-order valence-corrected chi connectivity index (χ3v) is 3.31. The van der Waals surface area contributed by atoms with Gasteiger partial charge in [0.25, 0.3) is 0 Å². The summed E-state index contributed by atoms with van der Waals surface area (Å²) in [6.45, 7) is 6.67. The molecule has 4 heteroatoms. The van der Waals surface area contributed by atoms with Crippen molar-refractivity contribution in [3.8, 4) is 0 Å². The van der Waals surface area contributed by atoms with Crippen molar-refractivity contribution >= 4 is 5.91 Å². The summed E-state index contributed by atoms with van der Waals surface area (Å²) in [6.07, 6.45) is 0. The van der Waals surface area contributed by atoms with E-state index in [0.717, 1.165) is 6.54 Å². The molecule has 0 aliphatic carbocycles. The van der Waals surface area contributed by atoms with Crippen molar-refractivity contribution in [2.75, 3.05) is 33.4 Å². The molecule has 0 aliphatic heterocycles. The monoisotopic (exact) mass is 278 g/mol. The Morgan fingerprint density at radius 3 is 2.55 bits per heavy atom. The summed E-state index contributed by atoms with van der Waals surface area (Å²) in [5.74, 6) is 0.960. The second-order valence-electron chi connectivity index (χ2n) is 5.23. The van der Waals surface area contributed by atoms with E-state index in [0.29, 0.717) is 31.5 Å². The number of amides is 1. The molecular formula is C16H26N2O2. The number of benzene rings is 1. The van der Waals surface area contributed by atoms with Gasteiger partial charge < -0.3 is 15.4 Å². The standard InChI is InChI=1S/C16H26N2O2/c1-13(2)15(14-7-5-4-6-8-14)11-17-12-16(19)18-9-10-20-3/h4-8,13,15,17H,9-12H2,1-3H3,(H,18,19). The van der Waals surface area contributed by atoms with Crippen molar-refractivity contribution in [3.05, 3.63) is 35.9 Å². The highest BCUT2D eigenvalue weighted by Crippen LogP contribution is 2.23. The zero-order chi connectivity index (χ0) is 14.8. The summed E-state index contributed by atoms with van der Waals surface area (Å²) < 4.78 is 4.89. The van der Waals surface area contributed by atoms with Crippen LogP contribution in [0.15, 0.2) is 30.3 Å². The van der Waals surface area contributed by atoms with Gasteiger partial charge in [0.2, 0.25) is 5.91 Å². The van der Waals surface area contributed by atoms with E-state index in [1.54, 1.807) is 7.11 Å². The smallest absolute Gasteiger partial charge is 0.234 e. The molecule has 0 radical (unpaired) electrons. The van der Waals surface area contributed by atoms with Gasteiger partial charge in [-0.3, -0.25) is 4.79 Å². The van der Waals surface area contributed by atoms with E-state index in [9.17, 15) is 4.79 Å². The Morgan fingerprint density at radius 2 is 1.95 bits per heavy atom. The minimum Gasteiger partial charge on any atom is -0.383 e. The highest BCUT2D eigenvalue weighted by molar-refractivity contribution is 5.77. The van der Waals surface area contributed by atoms with Crippen LogP contribution in [0.25, 0.3) is 0 Å². The van der Waals surface area contributed by atoms with Crippen molar-refractivity contribution in [2.24, 2.45) is 5.92 Å². The molecule has 2 N–H and O–H groups in total. The van der Waals surface area contributed by atoms with Gasteiger partial charge in [-0.1, -0.05) is 44.2 Å². The lowest BCUT2D eigenvalue weighted by atomic mass is 9.88. The first-order valence-electron chi connectivity index (χ1n) is 7.16. The minimum absolute atomic E-state index is 0.0117. The molecular weight excluding hydrogens is 252 g/mol. The van der Waals surface area contributed by atoms with Gasteiger partial charge in [0.15, 0.2) is 0 Å². The summed E-state index contributed by atoms with van der Waals surface area (Å²) >= 11 is 0. The largest absolute Gasteiger partial charge is 0.383 e. The summed E-state index contributed by atoms with van der Waals surface area (Å²) in [7, 11) is 1.62. The van der Waals surface area contributed by atoms with Crippen molar-refractivity contribution < 1.29 is 9.53 Å². The van der Waals surface area contributed by atoms with Crippen LogP contribution in [-0.4, -0.2) is 39.3 Å². The SMILES string of the molecule is COCCNC(=O)CNCC(c1ccccc1)C(C)C. The Labute approximate surface area is 121 Å². The molecule has 0 saturated carbocycles. The molecule has 1 rings (SSSR count). The summed E-state index contributed by atoms with van der Waals surface area (Å²) in [5.41, 5.74) is 1.31. The maximum Gasteiger partial charge on any atom is 0.234 e. The molecule has 1 amide bonds. The van der Waals surface area contributed by atoms with Gasteiger partial charge >= 0.3 is 0 Å². The Morgan fingerprint density at radius 1 is 1.25 bits per heavy atom. The Balaban J connectivity index is 2.35. The van der Waals surface area contributed by atoms with Crippen LogP contribution in [0.3, 0.4) is 0 Å². The van der Waals surface area contributed by atoms with Gasteiger partial charge in [-0.15, -0.1) is 0 Å². The number of nitrogens with one attached hydrogen (secondary N) is 2. The number of carbonyl (C=O) groups is 1. The van der Waals surface area contributed by atoms with Gasteiger partial charge in [-0.05, 0) is 17.4 Å². The molecule has 1 unspecified atom stereocenters. The lowest BCUT2D eigenvalue weighted by Crippen LogP contribution is -2.37. The van der Waals surface area contributed by atoms with E-state index in [1.165, 1.54) is 5.56 Å². The average molecular weight is 278 g/mol. The highest BCUT2D eigenvalue weighted by Gasteiger charge is 2.15. The molecule has 112 valence electrons. The fourth-order valence-corrected chi connectivity index (χ4v) is 2.13. The van der Waals surface area contributed by atoms with Gasteiger partial charge in [-0.2, -0.15) is 0 Å². The van der Waals surface area contributed by atoms with Crippen molar-refractivity contribution in [2.45, 2.75) is 19.8 Å². The van der Waals surface area contributed by atoms with Crippen LogP contribution in [0.5, 0.6) is 0 Å². The zero-order valence-electron chi connectivity index (χ0n) is 12.7. The molecule has 0 aliphatic rings. The number of hydrogen-bond donors (Lipinski definition) is 2. The molecule has 0 saturated heterocycles.